The Hall–Kier alpha value is -2.54. The zero-order valence-electron chi connectivity index (χ0n) is 16.8. The molecule has 0 bridgehead atoms. The van der Waals surface area contributed by atoms with Crippen molar-refractivity contribution in [1.82, 2.24) is 14.8 Å². The van der Waals surface area contributed by atoms with Crippen LogP contribution in [0.5, 0.6) is 0 Å². The highest BCUT2D eigenvalue weighted by molar-refractivity contribution is 7.99. The Morgan fingerprint density at radius 3 is 2.57 bits per heavy atom. The van der Waals surface area contributed by atoms with Gasteiger partial charge in [-0.25, -0.2) is 0 Å². The highest BCUT2D eigenvalue weighted by Crippen LogP contribution is 2.28. The molecule has 0 atom stereocenters. The lowest BCUT2D eigenvalue weighted by Gasteiger charge is -2.12. The van der Waals surface area contributed by atoms with E-state index < -0.39 is 0 Å². The standard InChI is InChI=1S/C21H26N4O2S/c1-5-6-11-25-20(17-10-12-27-16(17)4)23-24-21(25)28-13-18(26)22-19-14(2)8-7-9-15(19)3/h7-10,12H,5-6,11,13H2,1-4H3,(H,22,26). The van der Waals surface area contributed by atoms with Crippen LogP contribution in [-0.2, 0) is 11.3 Å². The van der Waals surface area contributed by atoms with E-state index in [0.29, 0.717) is 0 Å². The Kier molecular flexibility index (Phi) is 6.57. The van der Waals surface area contributed by atoms with Crippen LogP contribution in [0.4, 0.5) is 5.69 Å². The van der Waals surface area contributed by atoms with E-state index >= 15 is 0 Å². The van der Waals surface area contributed by atoms with Gasteiger partial charge in [-0.1, -0.05) is 43.3 Å². The Balaban J connectivity index is 1.74. The van der Waals surface area contributed by atoms with Gasteiger partial charge in [0.05, 0.1) is 17.6 Å². The summed E-state index contributed by atoms with van der Waals surface area (Å²) in [5.41, 5.74) is 3.94. The van der Waals surface area contributed by atoms with Gasteiger partial charge >= 0.3 is 0 Å². The van der Waals surface area contributed by atoms with E-state index in [1.807, 2.05) is 45.0 Å². The average Bonchev–Trinajstić information content (AvgIpc) is 3.26. The van der Waals surface area contributed by atoms with Crippen LogP contribution in [0, 0.1) is 20.8 Å². The van der Waals surface area contributed by atoms with E-state index in [1.165, 1.54) is 11.8 Å². The van der Waals surface area contributed by atoms with Crippen LogP contribution in [0.25, 0.3) is 11.4 Å². The molecule has 0 fully saturated rings. The summed E-state index contributed by atoms with van der Waals surface area (Å²) >= 11 is 1.41. The Morgan fingerprint density at radius 2 is 1.93 bits per heavy atom. The van der Waals surface area contributed by atoms with Crippen molar-refractivity contribution < 1.29 is 9.21 Å². The average molecular weight is 399 g/mol. The fourth-order valence-electron chi connectivity index (χ4n) is 3.05. The number of unbranched alkanes of at least 4 members (excludes halogenated alkanes) is 1. The SMILES string of the molecule is CCCCn1c(SCC(=O)Nc2c(C)cccc2C)nnc1-c1ccoc1C. The minimum absolute atomic E-state index is 0.0477. The number of benzene rings is 1. The number of amides is 1. The lowest BCUT2D eigenvalue weighted by Crippen LogP contribution is -2.16. The summed E-state index contributed by atoms with van der Waals surface area (Å²) in [5, 5.41) is 12.5. The van der Waals surface area contributed by atoms with Crippen LogP contribution < -0.4 is 5.32 Å². The van der Waals surface area contributed by atoms with E-state index in [2.05, 4.69) is 27.0 Å². The smallest absolute Gasteiger partial charge is 0.234 e. The van der Waals surface area contributed by atoms with Crippen LogP contribution in [0.2, 0.25) is 0 Å². The molecule has 1 amide bonds. The lowest BCUT2D eigenvalue weighted by atomic mass is 10.1. The molecule has 148 valence electrons. The van der Waals surface area contributed by atoms with Gasteiger partial charge < -0.3 is 14.3 Å². The molecule has 2 heterocycles. The number of aromatic nitrogens is 3. The first-order valence-electron chi connectivity index (χ1n) is 9.47. The van der Waals surface area contributed by atoms with Gasteiger partial charge in [0.1, 0.15) is 5.76 Å². The van der Waals surface area contributed by atoms with Crippen molar-refractivity contribution >= 4 is 23.4 Å². The second-order valence-corrected chi connectivity index (χ2v) is 7.75. The predicted molar refractivity (Wildman–Crippen MR) is 113 cm³/mol. The summed E-state index contributed by atoms with van der Waals surface area (Å²) in [4.78, 5) is 12.5. The molecule has 0 saturated heterocycles. The van der Waals surface area contributed by atoms with Crippen LogP contribution >= 0.6 is 11.8 Å². The van der Waals surface area contributed by atoms with Gasteiger partial charge in [-0.15, -0.1) is 10.2 Å². The molecular formula is C21H26N4O2S. The highest BCUT2D eigenvalue weighted by Gasteiger charge is 2.18. The first-order chi connectivity index (χ1) is 13.5. The molecule has 1 N–H and O–H groups in total. The summed E-state index contributed by atoms with van der Waals surface area (Å²) in [6.07, 6.45) is 3.75. The fraction of sp³-hybridized carbons (Fsp3) is 0.381. The van der Waals surface area contributed by atoms with Crippen molar-refractivity contribution in [3.05, 3.63) is 47.4 Å². The molecular weight excluding hydrogens is 372 g/mol. The third-order valence-electron chi connectivity index (χ3n) is 4.63. The third kappa shape index (κ3) is 4.47. The summed E-state index contributed by atoms with van der Waals surface area (Å²) in [6.45, 7) is 8.87. The highest BCUT2D eigenvalue weighted by atomic mass is 32.2. The number of rotatable bonds is 8. The van der Waals surface area contributed by atoms with Crippen LogP contribution in [-0.4, -0.2) is 26.4 Å². The molecule has 2 aromatic heterocycles. The molecule has 6 nitrogen and oxygen atoms in total. The monoisotopic (exact) mass is 398 g/mol. The molecule has 7 heteroatoms. The van der Waals surface area contributed by atoms with Crippen molar-refractivity contribution in [3.8, 4) is 11.4 Å². The van der Waals surface area contributed by atoms with Gasteiger partial charge in [-0.3, -0.25) is 4.79 Å². The van der Waals surface area contributed by atoms with E-state index in [0.717, 1.165) is 58.5 Å². The van der Waals surface area contributed by atoms with Crippen molar-refractivity contribution in [2.45, 2.75) is 52.2 Å². The number of aryl methyl sites for hydroxylation is 3. The van der Waals surface area contributed by atoms with Crippen LogP contribution in [0.15, 0.2) is 40.1 Å². The molecule has 0 aliphatic heterocycles. The number of nitrogens with zero attached hydrogens (tertiary/aromatic N) is 3. The number of nitrogens with one attached hydrogen (secondary N) is 1. The molecule has 0 aliphatic carbocycles. The maximum atomic E-state index is 12.5. The number of furan rings is 1. The molecule has 0 unspecified atom stereocenters. The minimum atomic E-state index is -0.0477. The first kappa shape index (κ1) is 20.2. The molecule has 3 aromatic rings. The van der Waals surface area contributed by atoms with Crippen molar-refractivity contribution in [2.75, 3.05) is 11.1 Å². The maximum absolute atomic E-state index is 12.5. The second kappa shape index (κ2) is 9.10. The largest absolute Gasteiger partial charge is 0.469 e. The van der Waals surface area contributed by atoms with E-state index in [4.69, 9.17) is 4.42 Å². The van der Waals surface area contributed by atoms with Crippen molar-refractivity contribution in [2.24, 2.45) is 0 Å². The molecule has 0 radical (unpaired) electrons. The number of para-hydroxylation sites is 1. The third-order valence-corrected chi connectivity index (χ3v) is 5.60. The molecule has 0 saturated carbocycles. The van der Waals surface area contributed by atoms with Crippen LogP contribution in [0.1, 0.15) is 36.7 Å². The number of hydrogen-bond acceptors (Lipinski definition) is 5. The van der Waals surface area contributed by atoms with Gasteiger partial charge in [0.25, 0.3) is 0 Å². The molecule has 1 aromatic carbocycles. The zero-order valence-corrected chi connectivity index (χ0v) is 17.6. The Labute approximate surface area is 169 Å². The number of hydrogen-bond donors (Lipinski definition) is 1. The fourth-order valence-corrected chi connectivity index (χ4v) is 3.81. The van der Waals surface area contributed by atoms with E-state index in [-0.39, 0.29) is 11.7 Å². The summed E-state index contributed by atoms with van der Waals surface area (Å²) < 4.78 is 7.50. The quantitative estimate of drug-likeness (QED) is 0.541. The molecule has 0 spiro atoms. The Bertz CT molecular complexity index is 941. The number of carbonyl (C=O) groups excluding carboxylic acids is 1. The lowest BCUT2D eigenvalue weighted by molar-refractivity contribution is -0.113. The molecule has 0 aliphatic rings. The van der Waals surface area contributed by atoms with Gasteiger partial charge in [-0.05, 0) is 44.4 Å². The summed E-state index contributed by atoms with van der Waals surface area (Å²) in [6, 6.07) is 7.89. The zero-order chi connectivity index (χ0) is 20.1. The van der Waals surface area contributed by atoms with Gasteiger partial charge in [-0.2, -0.15) is 0 Å². The molecule has 3 rings (SSSR count). The van der Waals surface area contributed by atoms with Gasteiger partial charge in [0, 0.05) is 12.2 Å². The minimum Gasteiger partial charge on any atom is -0.469 e. The Morgan fingerprint density at radius 1 is 1.18 bits per heavy atom. The summed E-state index contributed by atoms with van der Waals surface area (Å²) in [7, 11) is 0. The van der Waals surface area contributed by atoms with E-state index in [1.54, 1.807) is 6.26 Å². The van der Waals surface area contributed by atoms with Crippen molar-refractivity contribution in [1.29, 1.82) is 0 Å². The van der Waals surface area contributed by atoms with Crippen molar-refractivity contribution in [3.63, 3.8) is 0 Å². The first-order valence-corrected chi connectivity index (χ1v) is 10.5. The van der Waals surface area contributed by atoms with E-state index in [9.17, 15) is 4.79 Å². The topological polar surface area (TPSA) is 73.0 Å². The number of thioether (sulfide) groups is 1. The maximum Gasteiger partial charge on any atom is 0.234 e. The van der Waals surface area contributed by atoms with Crippen LogP contribution in [0.3, 0.4) is 0 Å². The number of carbonyl (C=O) groups is 1. The summed E-state index contributed by atoms with van der Waals surface area (Å²) in [5.74, 6) is 1.84. The predicted octanol–water partition coefficient (Wildman–Crippen LogP) is 4.99. The normalized spacial score (nSPS) is 11.0. The second-order valence-electron chi connectivity index (χ2n) is 6.81. The van der Waals surface area contributed by atoms with Gasteiger partial charge in [0.15, 0.2) is 11.0 Å². The molecule has 28 heavy (non-hydrogen) atoms. The number of anilines is 1. The van der Waals surface area contributed by atoms with Gasteiger partial charge in [0.2, 0.25) is 5.91 Å².